The standard InChI is InChI=1S/C6H11NO.C2H4O2/c1-6(8)7-4-2-3-5-7;1-2(3)4/h2-5H2,1H3;1H3,(H,3,4). The van der Waals surface area contributed by atoms with Crippen LogP contribution in [0.4, 0.5) is 0 Å². The summed E-state index contributed by atoms with van der Waals surface area (Å²) in [5.74, 6) is -0.609. The predicted octanol–water partition coefficient (Wildman–Crippen LogP) is 0.720. The van der Waals surface area contributed by atoms with Gasteiger partial charge in [0.25, 0.3) is 5.97 Å². The van der Waals surface area contributed by atoms with Gasteiger partial charge in [-0.1, -0.05) is 0 Å². The van der Waals surface area contributed by atoms with Gasteiger partial charge in [0, 0.05) is 26.9 Å². The lowest BCUT2D eigenvalue weighted by Gasteiger charge is -2.10. The third kappa shape index (κ3) is 5.70. The minimum atomic E-state index is -0.833. The van der Waals surface area contributed by atoms with Crippen LogP contribution in [-0.2, 0) is 9.59 Å². The molecule has 0 aromatic rings. The van der Waals surface area contributed by atoms with E-state index in [2.05, 4.69) is 0 Å². The van der Waals surface area contributed by atoms with Crippen LogP contribution in [0.3, 0.4) is 0 Å². The van der Waals surface area contributed by atoms with Gasteiger partial charge in [0.2, 0.25) is 5.91 Å². The van der Waals surface area contributed by atoms with Crippen LogP contribution in [0.25, 0.3) is 0 Å². The molecule has 1 amide bonds. The number of carbonyl (C=O) groups is 2. The molecule has 12 heavy (non-hydrogen) atoms. The van der Waals surface area contributed by atoms with Crippen molar-refractivity contribution in [2.75, 3.05) is 13.1 Å². The van der Waals surface area contributed by atoms with E-state index in [9.17, 15) is 4.79 Å². The molecule has 1 heterocycles. The second-order valence-corrected chi connectivity index (χ2v) is 2.73. The largest absolute Gasteiger partial charge is 0.481 e. The number of aliphatic carboxylic acids is 1. The third-order valence-corrected chi connectivity index (χ3v) is 1.55. The second-order valence-electron chi connectivity index (χ2n) is 2.73. The van der Waals surface area contributed by atoms with Gasteiger partial charge in [0.15, 0.2) is 0 Å². The minimum Gasteiger partial charge on any atom is -0.481 e. The van der Waals surface area contributed by atoms with Crippen LogP contribution >= 0.6 is 0 Å². The molecule has 4 nitrogen and oxygen atoms in total. The number of hydrogen-bond donors (Lipinski definition) is 1. The highest BCUT2D eigenvalue weighted by molar-refractivity contribution is 5.73. The van der Waals surface area contributed by atoms with Gasteiger partial charge in [-0.25, -0.2) is 0 Å². The summed E-state index contributed by atoms with van der Waals surface area (Å²) in [6.07, 6.45) is 2.39. The zero-order chi connectivity index (χ0) is 9.56. The van der Waals surface area contributed by atoms with Crippen molar-refractivity contribution in [3.05, 3.63) is 0 Å². The number of likely N-dealkylation sites (tertiary alicyclic amines) is 1. The van der Waals surface area contributed by atoms with Crippen molar-refractivity contribution in [2.24, 2.45) is 0 Å². The van der Waals surface area contributed by atoms with E-state index in [0.717, 1.165) is 20.0 Å². The fraction of sp³-hybridized carbons (Fsp3) is 0.750. The van der Waals surface area contributed by atoms with Gasteiger partial charge >= 0.3 is 0 Å². The topological polar surface area (TPSA) is 57.6 Å². The fourth-order valence-electron chi connectivity index (χ4n) is 1.03. The van der Waals surface area contributed by atoms with Crippen molar-refractivity contribution in [1.29, 1.82) is 0 Å². The first-order chi connectivity index (χ1) is 5.54. The minimum absolute atomic E-state index is 0.225. The highest BCUT2D eigenvalue weighted by atomic mass is 16.4. The summed E-state index contributed by atoms with van der Waals surface area (Å²) in [6.45, 7) is 4.68. The van der Waals surface area contributed by atoms with Gasteiger partial charge in [0.05, 0.1) is 0 Å². The van der Waals surface area contributed by atoms with Crippen molar-refractivity contribution in [2.45, 2.75) is 26.7 Å². The van der Waals surface area contributed by atoms with Crippen molar-refractivity contribution in [3.8, 4) is 0 Å². The average molecular weight is 173 g/mol. The van der Waals surface area contributed by atoms with Gasteiger partial charge in [-0.15, -0.1) is 0 Å². The van der Waals surface area contributed by atoms with Gasteiger partial charge in [-0.2, -0.15) is 0 Å². The second kappa shape index (κ2) is 5.57. The molecule has 0 radical (unpaired) electrons. The molecule has 1 N–H and O–H groups in total. The van der Waals surface area contributed by atoms with E-state index in [1.54, 1.807) is 6.92 Å². The lowest BCUT2D eigenvalue weighted by atomic mass is 10.4. The molecule has 0 unspecified atom stereocenters. The van der Waals surface area contributed by atoms with Crippen molar-refractivity contribution in [1.82, 2.24) is 4.90 Å². The molecule has 0 aliphatic carbocycles. The Kier molecular flexibility index (Phi) is 5.08. The lowest BCUT2D eigenvalue weighted by Crippen LogP contribution is -2.24. The number of amides is 1. The molecule has 70 valence electrons. The number of carbonyl (C=O) groups excluding carboxylic acids is 1. The van der Waals surface area contributed by atoms with Gasteiger partial charge in [-0.05, 0) is 12.8 Å². The Morgan fingerprint density at radius 1 is 1.17 bits per heavy atom. The normalized spacial score (nSPS) is 15.0. The van der Waals surface area contributed by atoms with Crippen molar-refractivity contribution >= 4 is 11.9 Å². The number of carboxylic acids is 1. The maximum Gasteiger partial charge on any atom is 0.300 e. The Morgan fingerprint density at radius 2 is 1.50 bits per heavy atom. The molecule has 0 saturated carbocycles. The fourth-order valence-corrected chi connectivity index (χ4v) is 1.03. The number of hydrogen-bond acceptors (Lipinski definition) is 2. The predicted molar refractivity (Wildman–Crippen MR) is 44.8 cm³/mol. The number of nitrogens with zero attached hydrogens (tertiary/aromatic N) is 1. The molecule has 1 fully saturated rings. The van der Waals surface area contributed by atoms with Crippen LogP contribution in [0.5, 0.6) is 0 Å². The van der Waals surface area contributed by atoms with E-state index < -0.39 is 5.97 Å². The Bertz CT molecular complexity index is 158. The summed E-state index contributed by atoms with van der Waals surface area (Å²) in [5, 5.41) is 7.42. The Labute approximate surface area is 72.2 Å². The lowest BCUT2D eigenvalue weighted by molar-refractivity contribution is -0.134. The first-order valence-electron chi connectivity index (χ1n) is 3.99. The smallest absolute Gasteiger partial charge is 0.300 e. The molecular formula is C8H15NO3. The molecule has 1 aliphatic rings. The van der Waals surface area contributed by atoms with Crippen molar-refractivity contribution in [3.63, 3.8) is 0 Å². The highest BCUT2D eigenvalue weighted by Crippen LogP contribution is 2.05. The highest BCUT2D eigenvalue weighted by Gasteiger charge is 2.12. The van der Waals surface area contributed by atoms with Crippen LogP contribution in [0.2, 0.25) is 0 Å². The Hall–Kier alpha value is -1.06. The van der Waals surface area contributed by atoms with Crippen LogP contribution in [0.1, 0.15) is 26.7 Å². The molecule has 0 aromatic heterocycles. The molecule has 0 spiro atoms. The molecular weight excluding hydrogens is 158 g/mol. The zero-order valence-electron chi connectivity index (χ0n) is 7.54. The van der Waals surface area contributed by atoms with E-state index in [1.165, 1.54) is 12.8 Å². The third-order valence-electron chi connectivity index (χ3n) is 1.55. The summed E-state index contributed by atoms with van der Waals surface area (Å²) in [4.78, 5) is 21.5. The van der Waals surface area contributed by atoms with Gasteiger partial charge < -0.3 is 10.0 Å². The van der Waals surface area contributed by atoms with E-state index >= 15 is 0 Å². The molecule has 1 saturated heterocycles. The van der Waals surface area contributed by atoms with Crippen molar-refractivity contribution < 1.29 is 14.7 Å². The summed E-state index contributed by atoms with van der Waals surface area (Å²) in [7, 11) is 0. The van der Waals surface area contributed by atoms with E-state index in [4.69, 9.17) is 9.90 Å². The van der Waals surface area contributed by atoms with Crippen LogP contribution < -0.4 is 0 Å². The molecule has 0 aromatic carbocycles. The van der Waals surface area contributed by atoms with E-state index in [0.29, 0.717) is 0 Å². The van der Waals surface area contributed by atoms with E-state index in [1.807, 2.05) is 4.90 Å². The average Bonchev–Trinajstić information content (AvgIpc) is 2.34. The summed E-state index contributed by atoms with van der Waals surface area (Å²) in [6, 6.07) is 0. The van der Waals surface area contributed by atoms with Crippen LogP contribution in [-0.4, -0.2) is 35.0 Å². The maximum atomic E-state index is 10.6. The van der Waals surface area contributed by atoms with Crippen LogP contribution in [0.15, 0.2) is 0 Å². The molecule has 1 aliphatic heterocycles. The molecule has 1 rings (SSSR count). The first kappa shape index (κ1) is 10.9. The summed E-state index contributed by atoms with van der Waals surface area (Å²) < 4.78 is 0. The zero-order valence-corrected chi connectivity index (χ0v) is 7.54. The monoisotopic (exact) mass is 173 g/mol. The van der Waals surface area contributed by atoms with Gasteiger partial charge in [-0.3, -0.25) is 9.59 Å². The Balaban J connectivity index is 0.000000261. The Morgan fingerprint density at radius 3 is 1.67 bits per heavy atom. The van der Waals surface area contributed by atoms with Crippen LogP contribution in [0, 0.1) is 0 Å². The first-order valence-corrected chi connectivity index (χ1v) is 3.99. The SMILES string of the molecule is CC(=O)N1CCCC1.CC(=O)O. The summed E-state index contributed by atoms with van der Waals surface area (Å²) >= 11 is 0. The molecule has 0 atom stereocenters. The molecule has 0 bridgehead atoms. The number of rotatable bonds is 0. The maximum absolute atomic E-state index is 10.6. The number of carboxylic acid groups (broad SMARTS) is 1. The van der Waals surface area contributed by atoms with E-state index in [-0.39, 0.29) is 5.91 Å². The summed E-state index contributed by atoms with van der Waals surface area (Å²) in [5.41, 5.74) is 0. The quantitative estimate of drug-likeness (QED) is 0.587. The van der Waals surface area contributed by atoms with Gasteiger partial charge in [0.1, 0.15) is 0 Å². The molecule has 4 heteroatoms.